The molecular weight excluding hydrogens is 358 g/mol. The number of nitrogens with two attached hydrogens (primary N) is 1. The summed E-state index contributed by atoms with van der Waals surface area (Å²) in [5, 5.41) is 9.27. The molecule has 8 nitrogen and oxygen atoms in total. The van der Waals surface area contributed by atoms with E-state index in [0.717, 1.165) is 56.2 Å². The van der Waals surface area contributed by atoms with Crippen LogP contribution >= 0.6 is 0 Å². The molecule has 0 unspecified atom stereocenters. The summed E-state index contributed by atoms with van der Waals surface area (Å²) in [5.74, 6) is 0.214. The summed E-state index contributed by atoms with van der Waals surface area (Å²) in [6, 6.07) is 0. The number of nitrogens with zero attached hydrogens (tertiary/aromatic N) is 4. The van der Waals surface area contributed by atoms with Gasteiger partial charge in [-0.15, -0.1) is 0 Å². The molecule has 2 fully saturated rings. The molecule has 0 bridgehead atoms. The number of aliphatic hydroxyl groups is 1. The SMILES string of the molecule is Nc1nc2c(c(C(=O)N3CCC[C@]4(CCC(=O)N(CCO)C4)C3)n1)CCCC2. The highest BCUT2D eigenvalue weighted by molar-refractivity contribution is 5.94. The molecule has 1 spiro atoms. The lowest BCUT2D eigenvalue weighted by atomic mass is 9.73. The molecule has 1 aliphatic carbocycles. The Morgan fingerprint density at radius 3 is 2.75 bits per heavy atom. The molecule has 28 heavy (non-hydrogen) atoms. The van der Waals surface area contributed by atoms with Gasteiger partial charge in [-0.3, -0.25) is 9.59 Å². The molecule has 152 valence electrons. The van der Waals surface area contributed by atoms with Gasteiger partial charge < -0.3 is 20.6 Å². The second kappa shape index (κ2) is 7.66. The summed E-state index contributed by atoms with van der Waals surface area (Å²) in [6.45, 7) is 2.27. The van der Waals surface area contributed by atoms with Crippen molar-refractivity contribution in [3.63, 3.8) is 0 Å². The van der Waals surface area contributed by atoms with Crippen molar-refractivity contribution in [1.29, 1.82) is 0 Å². The Bertz CT molecular complexity index is 783. The number of likely N-dealkylation sites (tertiary alicyclic amines) is 2. The van der Waals surface area contributed by atoms with Crippen LogP contribution in [0.2, 0.25) is 0 Å². The number of hydrogen-bond acceptors (Lipinski definition) is 6. The van der Waals surface area contributed by atoms with E-state index in [0.29, 0.717) is 38.3 Å². The molecule has 8 heteroatoms. The van der Waals surface area contributed by atoms with Crippen LogP contribution in [0.5, 0.6) is 0 Å². The van der Waals surface area contributed by atoms with Crippen molar-refractivity contribution >= 4 is 17.8 Å². The van der Waals surface area contributed by atoms with E-state index in [2.05, 4.69) is 9.97 Å². The average molecular weight is 387 g/mol. The molecule has 2 aliphatic heterocycles. The maximum absolute atomic E-state index is 13.4. The summed E-state index contributed by atoms with van der Waals surface area (Å²) in [4.78, 5) is 37.9. The molecule has 1 aromatic heterocycles. The van der Waals surface area contributed by atoms with Gasteiger partial charge in [0.25, 0.3) is 5.91 Å². The van der Waals surface area contributed by atoms with Crippen LogP contribution < -0.4 is 5.73 Å². The van der Waals surface area contributed by atoms with E-state index in [9.17, 15) is 14.7 Å². The zero-order valence-corrected chi connectivity index (χ0v) is 16.3. The number of carbonyl (C=O) groups excluding carboxylic acids is 2. The van der Waals surface area contributed by atoms with Gasteiger partial charge in [0.2, 0.25) is 11.9 Å². The van der Waals surface area contributed by atoms with Crippen LogP contribution in [0.15, 0.2) is 0 Å². The second-order valence-corrected chi connectivity index (χ2v) is 8.43. The first-order valence-electron chi connectivity index (χ1n) is 10.3. The topological polar surface area (TPSA) is 113 Å². The van der Waals surface area contributed by atoms with Crippen molar-refractivity contribution in [2.75, 3.05) is 38.5 Å². The van der Waals surface area contributed by atoms with Gasteiger partial charge in [0.15, 0.2) is 0 Å². The number of aliphatic hydroxyl groups excluding tert-OH is 1. The third kappa shape index (κ3) is 3.57. The number of amides is 2. The standard InChI is InChI=1S/C20H29N5O3/c21-19-22-15-5-2-1-4-14(15)17(23-19)18(28)25-9-3-7-20(13-25)8-6-16(27)24(12-20)10-11-26/h26H,1-13H2,(H2,21,22,23)/t20-/m1/s1. The molecule has 0 aromatic carbocycles. The first-order valence-corrected chi connectivity index (χ1v) is 10.3. The van der Waals surface area contributed by atoms with Crippen molar-refractivity contribution in [2.45, 2.75) is 51.4 Å². The van der Waals surface area contributed by atoms with E-state index >= 15 is 0 Å². The lowest BCUT2D eigenvalue weighted by molar-refractivity contribution is -0.139. The molecule has 3 aliphatic rings. The molecule has 4 rings (SSSR count). The minimum absolute atomic E-state index is 0.0309. The van der Waals surface area contributed by atoms with Gasteiger partial charge in [-0.25, -0.2) is 9.97 Å². The normalized spacial score (nSPS) is 25.1. The van der Waals surface area contributed by atoms with E-state index in [4.69, 9.17) is 5.73 Å². The molecule has 1 aromatic rings. The minimum atomic E-state index is -0.0877. The number of piperidine rings is 2. The van der Waals surface area contributed by atoms with E-state index < -0.39 is 0 Å². The molecule has 0 radical (unpaired) electrons. The van der Waals surface area contributed by atoms with Gasteiger partial charge in [0.05, 0.1) is 6.61 Å². The van der Waals surface area contributed by atoms with Crippen molar-refractivity contribution in [3.8, 4) is 0 Å². The third-order valence-corrected chi connectivity index (χ3v) is 6.47. The zero-order valence-electron chi connectivity index (χ0n) is 16.3. The number of carbonyl (C=O) groups is 2. The first-order chi connectivity index (χ1) is 13.5. The fraction of sp³-hybridized carbons (Fsp3) is 0.700. The van der Waals surface area contributed by atoms with Crippen LogP contribution in [0.4, 0.5) is 5.95 Å². The number of aromatic nitrogens is 2. The monoisotopic (exact) mass is 387 g/mol. The molecule has 3 heterocycles. The Labute approximate surface area is 165 Å². The Morgan fingerprint density at radius 1 is 1.11 bits per heavy atom. The van der Waals surface area contributed by atoms with Crippen molar-refractivity contribution in [2.24, 2.45) is 5.41 Å². The smallest absolute Gasteiger partial charge is 0.272 e. The van der Waals surface area contributed by atoms with E-state index in [-0.39, 0.29) is 29.8 Å². The van der Waals surface area contributed by atoms with Crippen molar-refractivity contribution in [3.05, 3.63) is 17.0 Å². The molecular formula is C20H29N5O3. The quantitative estimate of drug-likeness (QED) is 0.792. The molecule has 1 atom stereocenters. The number of nitrogen functional groups attached to an aromatic ring is 1. The predicted octanol–water partition coefficient (Wildman–Crippen LogP) is 0.775. The van der Waals surface area contributed by atoms with Gasteiger partial charge in [0.1, 0.15) is 5.69 Å². The number of anilines is 1. The maximum Gasteiger partial charge on any atom is 0.272 e. The molecule has 2 amide bonds. The fourth-order valence-electron chi connectivity index (χ4n) is 5.08. The Hall–Kier alpha value is -2.22. The first kappa shape index (κ1) is 19.1. The lowest BCUT2D eigenvalue weighted by Crippen LogP contribution is -2.55. The largest absolute Gasteiger partial charge is 0.395 e. The van der Waals surface area contributed by atoms with Gasteiger partial charge >= 0.3 is 0 Å². The van der Waals surface area contributed by atoms with Crippen LogP contribution in [0, 0.1) is 5.41 Å². The van der Waals surface area contributed by atoms with Crippen LogP contribution in [0.25, 0.3) is 0 Å². The highest BCUT2D eigenvalue weighted by atomic mass is 16.3. The van der Waals surface area contributed by atoms with E-state index in [1.54, 1.807) is 4.90 Å². The van der Waals surface area contributed by atoms with Gasteiger partial charge in [0, 0.05) is 49.3 Å². The summed E-state index contributed by atoms with van der Waals surface area (Å²) < 4.78 is 0. The summed E-state index contributed by atoms with van der Waals surface area (Å²) in [7, 11) is 0. The van der Waals surface area contributed by atoms with Gasteiger partial charge in [-0.05, 0) is 44.9 Å². The zero-order chi connectivity index (χ0) is 19.7. The summed E-state index contributed by atoms with van der Waals surface area (Å²) in [6.07, 6.45) is 6.98. The van der Waals surface area contributed by atoms with Gasteiger partial charge in [-0.2, -0.15) is 0 Å². The third-order valence-electron chi connectivity index (χ3n) is 6.47. The minimum Gasteiger partial charge on any atom is -0.395 e. The van der Waals surface area contributed by atoms with Crippen LogP contribution in [-0.2, 0) is 17.6 Å². The maximum atomic E-state index is 13.4. The highest BCUT2D eigenvalue weighted by Gasteiger charge is 2.43. The number of hydrogen-bond donors (Lipinski definition) is 2. The molecule has 0 saturated carbocycles. The molecule has 3 N–H and O–H groups in total. The number of β-amino-alcohol motifs (C(OH)–C–C–N with tert-alkyl or cyclic N) is 1. The van der Waals surface area contributed by atoms with Crippen molar-refractivity contribution in [1.82, 2.24) is 19.8 Å². The van der Waals surface area contributed by atoms with Crippen LogP contribution in [-0.4, -0.2) is 69.5 Å². The lowest BCUT2D eigenvalue weighted by Gasteiger charge is -2.48. The summed E-state index contributed by atoms with van der Waals surface area (Å²) >= 11 is 0. The fourth-order valence-corrected chi connectivity index (χ4v) is 5.08. The average Bonchev–Trinajstić information content (AvgIpc) is 2.70. The van der Waals surface area contributed by atoms with Crippen LogP contribution in [0.1, 0.15) is 60.3 Å². The summed E-state index contributed by atoms with van der Waals surface area (Å²) in [5.41, 5.74) is 8.16. The Balaban J connectivity index is 1.56. The second-order valence-electron chi connectivity index (χ2n) is 8.43. The number of fused-ring (bicyclic) bond motifs is 1. The Morgan fingerprint density at radius 2 is 1.93 bits per heavy atom. The predicted molar refractivity (Wildman–Crippen MR) is 104 cm³/mol. The number of aryl methyl sites for hydroxylation is 1. The van der Waals surface area contributed by atoms with Crippen molar-refractivity contribution < 1.29 is 14.7 Å². The number of rotatable bonds is 3. The van der Waals surface area contributed by atoms with E-state index in [1.165, 1.54) is 0 Å². The Kier molecular flexibility index (Phi) is 5.23. The highest BCUT2D eigenvalue weighted by Crippen LogP contribution is 2.39. The molecule has 2 saturated heterocycles. The van der Waals surface area contributed by atoms with Gasteiger partial charge in [-0.1, -0.05) is 0 Å². The van der Waals surface area contributed by atoms with Crippen LogP contribution in [0.3, 0.4) is 0 Å². The van der Waals surface area contributed by atoms with E-state index in [1.807, 2.05) is 4.90 Å².